The first-order valence-electron chi connectivity index (χ1n) is 8.17. The molecule has 0 N–H and O–H groups in total. The van der Waals surface area contributed by atoms with E-state index < -0.39 is 0 Å². The van der Waals surface area contributed by atoms with Gasteiger partial charge in [0.1, 0.15) is 5.75 Å². The third-order valence-corrected chi connectivity index (χ3v) is 5.58. The minimum absolute atomic E-state index is 0.248. The molecule has 0 aromatic heterocycles. The highest BCUT2D eigenvalue weighted by Gasteiger charge is 2.32. The monoisotopic (exact) mass is 308 g/mol. The third-order valence-electron chi connectivity index (χ3n) is 5.07. The van der Waals surface area contributed by atoms with E-state index in [0.717, 1.165) is 18.1 Å². The van der Waals surface area contributed by atoms with Crippen LogP contribution in [0.2, 0.25) is 0 Å². The Balaban J connectivity index is 1.88. The molecule has 0 spiro atoms. The first-order chi connectivity index (χ1) is 9.90. The highest BCUT2D eigenvalue weighted by Crippen LogP contribution is 2.42. The molecule has 21 heavy (non-hydrogen) atoms. The van der Waals surface area contributed by atoms with Crippen LogP contribution in [0.15, 0.2) is 24.3 Å². The zero-order chi connectivity index (χ0) is 15.5. The van der Waals surface area contributed by atoms with Crippen molar-refractivity contribution >= 4 is 11.6 Å². The van der Waals surface area contributed by atoms with Gasteiger partial charge in [-0.1, -0.05) is 32.9 Å². The summed E-state index contributed by atoms with van der Waals surface area (Å²) in [5.41, 5.74) is 1.73. The molecule has 1 aliphatic rings. The summed E-state index contributed by atoms with van der Waals surface area (Å²) in [6, 6.07) is 8.30. The number of rotatable bonds is 4. The molecule has 1 saturated carbocycles. The van der Waals surface area contributed by atoms with Gasteiger partial charge in [0.05, 0.1) is 7.11 Å². The van der Waals surface area contributed by atoms with E-state index in [1.165, 1.54) is 31.2 Å². The van der Waals surface area contributed by atoms with Gasteiger partial charge in [-0.05, 0) is 67.1 Å². The van der Waals surface area contributed by atoms with Gasteiger partial charge in [-0.15, -0.1) is 11.6 Å². The summed E-state index contributed by atoms with van der Waals surface area (Å²) in [7, 11) is 1.71. The second-order valence-electron chi connectivity index (χ2n) is 7.55. The maximum Gasteiger partial charge on any atom is 0.119 e. The fourth-order valence-corrected chi connectivity index (χ4v) is 3.97. The quantitative estimate of drug-likeness (QED) is 0.648. The largest absolute Gasteiger partial charge is 0.497 e. The summed E-state index contributed by atoms with van der Waals surface area (Å²) < 4.78 is 5.29. The highest BCUT2D eigenvalue weighted by molar-refractivity contribution is 6.20. The molecule has 1 aliphatic carbocycles. The summed E-state index contributed by atoms with van der Waals surface area (Å²) >= 11 is 6.71. The van der Waals surface area contributed by atoms with Crippen molar-refractivity contribution in [1.29, 1.82) is 0 Å². The predicted molar refractivity (Wildman–Crippen MR) is 91.2 cm³/mol. The smallest absolute Gasteiger partial charge is 0.119 e. The van der Waals surface area contributed by atoms with E-state index in [-0.39, 0.29) is 5.38 Å². The molecule has 118 valence electrons. The summed E-state index contributed by atoms with van der Waals surface area (Å²) in [6.07, 6.45) is 6.16. The molecule has 0 aliphatic heterocycles. The number of ether oxygens (including phenoxy) is 1. The van der Waals surface area contributed by atoms with Gasteiger partial charge in [-0.2, -0.15) is 0 Å². The fraction of sp³-hybridized carbons (Fsp3) is 0.684. The molecule has 0 radical (unpaired) electrons. The standard InChI is InChI=1S/C19H29ClO/c1-19(2,3)16-10-8-15(9-11-16)18(20)13-14-6-5-7-17(12-14)21-4/h5-7,12,15-16,18H,8-11,13H2,1-4H3. The van der Waals surface area contributed by atoms with Crippen LogP contribution >= 0.6 is 11.6 Å². The van der Waals surface area contributed by atoms with Crippen LogP contribution in [-0.4, -0.2) is 12.5 Å². The van der Waals surface area contributed by atoms with E-state index in [9.17, 15) is 0 Å². The maximum atomic E-state index is 6.71. The van der Waals surface area contributed by atoms with Gasteiger partial charge in [0.15, 0.2) is 0 Å². The predicted octanol–water partition coefficient (Wildman–Crippen LogP) is 5.70. The molecule has 0 heterocycles. The Bertz CT molecular complexity index is 441. The summed E-state index contributed by atoms with van der Waals surface area (Å²) in [5.74, 6) is 2.44. The van der Waals surface area contributed by atoms with Crippen molar-refractivity contribution in [3.05, 3.63) is 29.8 Å². The fourth-order valence-electron chi connectivity index (χ4n) is 3.54. The van der Waals surface area contributed by atoms with Gasteiger partial charge in [0, 0.05) is 5.38 Å². The minimum Gasteiger partial charge on any atom is -0.497 e. The number of methoxy groups -OCH3 is 1. The molecule has 2 heteroatoms. The second-order valence-corrected chi connectivity index (χ2v) is 8.11. The molecule has 1 fully saturated rings. The van der Waals surface area contributed by atoms with Gasteiger partial charge in [-0.25, -0.2) is 0 Å². The van der Waals surface area contributed by atoms with Crippen LogP contribution in [0.1, 0.15) is 52.0 Å². The molecule has 0 bridgehead atoms. The molecular formula is C19H29ClO. The van der Waals surface area contributed by atoms with Crippen molar-refractivity contribution in [1.82, 2.24) is 0 Å². The lowest BCUT2D eigenvalue weighted by Gasteiger charge is -2.38. The Kier molecular flexibility index (Phi) is 5.60. The van der Waals surface area contributed by atoms with E-state index in [1.54, 1.807) is 7.11 Å². The van der Waals surface area contributed by atoms with Gasteiger partial charge in [0.25, 0.3) is 0 Å². The molecule has 1 atom stereocenters. The number of alkyl halides is 1. The van der Waals surface area contributed by atoms with Gasteiger partial charge in [0.2, 0.25) is 0 Å². The Morgan fingerprint density at radius 1 is 1.19 bits per heavy atom. The molecule has 1 nitrogen and oxygen atoms in total. The molecular weight excluding hydrogens is 280 g/mol. The molecule has 1 unspecified atom stereocenters. The van der Waals surface area contributed by atoms with Crippen molar-refractivity contribution in [3.63, 3.8) is 0 Å². The Morgan fingerprint density at radius 3 is 2.43 bits per heavy atom. The van der Waals surface area contributed by atoms with E-state index in [4.69, 9.17) is 16.3 Å². The molecule has 2 rings (SSSR count). The van der Waals surface area contributed by atoms with Crippen molar-refractivity contribution in [3.8, 4) is 5.75 Å². The van der Waals surface area contributed by atoms with E-state index in [0.29, 0.717) is 11.3 Å². The van der Waals surface area contributed by atoms with Crippen LogP contribution in [0.4, 0.5) is 0 Å². The third kappa shape index (κ3) is 4.64. The number of hydrogen-bond donors (Lipinski definition) is 0. The van der Waals surface area contributed by atoms with E-state index >= 15 is 0 Å². The van der Waals surface area contributed by atoms with Crippen LogP contribution in [-0.2, 0) is 6.42 Å². The number of benzene rings is 1. The Morgan fingerprint density at radius 2 is 1.86 bits per heavy atom. The average molecular weight is 309 g/mol. The maximum absolute atomic E-state index is 6.71. The highest BCUT2D eigenvalue weighted by atomic mass is 35.5. The topological polar surface area (TPSA) is 9.23 Å². The summed E-state index contributed by atoms with van der Waals surface area (Å²) in [5, 5.41) is 0.248. The minimum atomic E-state index is 0.248. The van der Waals surface area contributed by atoms with Crippen LogP contribution < -0.4 is 4.74 Å². The second kappa shape index (κ2) is 7.05. The SMILES string of the molecule is COc1cccc(CC(Cl)C2CCC(C(C)(C)C)CC2)c1. The molecule has 0 saturated heterocycles. The molecule has 1 aromatic carbocycles. The van der Waals surface area contributed by atoms with E-state index in [2.05, 4.69) is 32.9 Å². The first-order valence-corrected chi connectivity index (χ1v) is 8.61. The molecule has 1 aromatic rings. The van der Waals surface area contributed by atoms with E-state index in [1.807, 2.05) is 12.1 Å². The lowest BCUT2D eigenvalue weighted by atomic mass is 9.69. The lowest BCUT2D eigenvalue weighted by Crippen LogP contribution is -2.29. The zero-order valence-electron chi connectivity index (χ0n) is 13.9. The van der Waals surface area contributed by atoms with Crippen LogP contribution in [0.25, 0.3) is 0 Å². The average Bonchev–Trinajstić information content (AvgIpc) is 2.46. The summed E-state index contributed by atoms with van der Waals surface area (Å²) in [6.45, 7) is 7.10. The van der Waals surface area contributed by atoms with Crippen molar-refractivity contribution < 1.29 is 4.74 Å². The number of hydrogen-bond acceptors (Lipinski definition) is 1. The van der Waals surface area contributed by atoms with Gasteiger partial charge in [-0.3, -0.25) is 0 Å². The van der Waals surface area contributed by atoms with Gasteiger partial charge < -0.3 is 4.74 Å². The first kappa shape index (κ1) is 16.7. The number of halogens is 1. The van der Waals surface area contributed by atoms with Crippen LogP contribution in [0.3, 0.4) is 0 Å². The molecule has 0 amide bonds. The normalized spacial score (nSPS) is 24.6. The Hall–Kier alpha value is -0.690. The zero-order valence-corrected chi connectivity index (χ0v) is 14.6. The summed E-state index contributed by atoms with van der Waals surface area (Å²) in [4.78, 5) is 0. The van der Waals surface area contributed by atoms with Crippen molar-refractivity contribution in [2.24, 2.45) is 17.3 Å². The van der Waals surface area contributed by atoms with Crippen molar-refractivity contribution in [2.45, 2.75) is 58.3 Å². The Labute approximate surface area is 135 Å². The lowest BCUT2D eigenvalue weighted by molar-refractivity contribution is 0.148. The van der Waals surface area contributed by atoms with Crippen LogP contribution in [0.5, 0.6) is 5.75 Å². The van der Waals surface area contributed by atoms with Crippen LogP contribution in [0, 0.1) is 17.3 Å². The van der Waals surface area contributed by atoms with Crippen molar-refractivity contribution in [2.75, 3.05) is 7.11 Å². The van der Waals surface area contributed by atoms with Gasteiger partial charge >= 0.3 is 0 Å².